The van der Waals surface area contributed by atoms with Gasteiger partial charge in [0.1, 0.15) is 4.90 Å². The van der Waals surface area contributed by atoms with Crippen molar-refractivity contribution in [3.63, 3.8) is 0 Å². The van der Waals surface area contributed by atoms with Gasteiger partial charge in [0.2, 0.25) is 10.0 Å². The van der Waals surface area contributed by atoms with E-state index in [-0.39, 0.29) is 17.4 Å². The van der Waals surface area contributed by atoms with Crippen LogP contribution in [-0.4, -0.2) is 26.7 Å². The minimum absolute atomic E-state index is 0.111. The molecule has 1 aromatic rings. The Labute approximate surface area is 108 Å². The molecule has 0 aromatic heterocycles. The van der Waals surface area contributed by atoms with E-state index in [1.807, 2.05) is 6.92 Å². The second kappa shape index (κ2) is 6.72. The van der Waals surface area contributed by atoms with E-state index in [1.165, 1.54) is 6.07 Å². The standard InChI is InChI=1S/C12H20N2O3S/c1-10(9-15)5-4-8-14-11-6-2-3-7-12(11)18(13,16)17/h2-3,6-7,10,14-15H,4-5,8-9H2,1H3,(H2,13,16,17). The predicted molar refractivity (Wildman–Crippen MR) is 71.8 cm³/mol. The fourth-order valence-electron chi connectivity index (χ4n) is 1.63. The van der Waals surface area contributed by atoms with Gasteiger partial charge in [-0.2, -0.15) is 0 Å². The second-order valence-corrected chi connectivity index (χ2v) is 5.93. The first-order valence-corrected chi connectivity index (χ1v) is 7.46. The number of nitrogens with two attached hydrogens (primary N) is 1. The molecule has 5 nitrogen and oxygen atoms in total. The van der Waals surface area contributed by atoms with Gasteiger partial charge in [0.15, 0.2) is 0 Å². The Morgan fingerprint density at radius 3 is 2.67 bits per heavy atom. The SMILES string of the molecule is CC(CO)CCCNc1ccccc1S(N)(=O)=O. The Hall–Kier alpha value is -1.11. The van der Waals surface area contributed by atoms with Crippen LogP contribution < -0.4 is 10.5 Å². The van der Waals surface area contributed by atoms with Crippen LogP contribution >= 0.6 is 0 Å². The zero-order chi connectivity index (χ0) is 13.6. The summed E-state index contributed by atoms with van der Waals surface area (Å²) in [7, 11) is -3.69. The number of hydrogen-bond donors (Lipinski definition) is 3. The van der Waals surface area contributed by atoms with Crippen LogP contribution in [0.4, 0.5) is 5.69 Å². The van der Waals surface area contributed by atoms with E-state index < -0.39 is 10.0 Å². The number of nitrogens with one attached hydrogen (secondary N) is 1. The summed E-state index contributed by atoms with van der Waals surface area (Å²) in [5, 5.41) is 17.1. The van der Waals surface area contributed by atoms with Crippen molar-refractivity contribution in [2.75, 3.05) is 18.5 Å². The maximum absolute atomic E-state index is 11.3. The number of anilines is 1. The van der Waals surface area contributed by atoms with Crippen LogP contribution in [0, 0.1) is 5.92 Å². The quantitative estimate of drug-likeness (QED) is 0.649. The molecule has 1 rings (SSSR count). The summed E-state index contributed by atoms with van der Waals surface area (Å²) in [5.41, 5.74) is 0.525. The molecule has 0 amide bonds. The van der Waals surface area contributed by atoms with E-state index in [9.17, 15) is 8.42 Å². The average Bonchev–Trinajstić information content (AvgIpc) is 2.33. The van der Waals surface area contributed by atoms with Crippen molar-refractivity contribution >= 4 is 15.7 Å². The summed E-state index contributed by atoms with van der Waals surface area (Å²) in [4.78, 5) is 0.111. The monoisotopic (exact) mass is 272 g/mol. The molecule has 0 saturated carbocycles. The number of benzene rings is 1. The van der Waals surface area contributed by atoms with Crippen molar-refractivity contribution < 1.29 is 13.5 Å². The van der Waals surface area contributed by atoms with E-state index in [1.54, 1.807) is 18.2 Å². The number of hydrogen-bond acceptors (Lipinski definition) is 4. The van der Waals surface area contributed by atoms with Crippen LogP contribution in [0.3, 0.4) is 0 Å². The van der Waals surface area contributed by atoms with Crippen LogP contribution in [0.2, 0.25) is 0 Å². The Balaban J connectivity index is 2.58. The Kier molecular flexibility index (Phi) is 5.58. The lowest BCUT2D eigenvalue weighted by Crippen LogP contribution is -2.15. The fraction of sp³-hybridized carbons (Fsp3) is 0.500. The zero-order valence-corrected chi connectivity index (χ0v) is 11.3. The van der Waals surface area contributed by atoms with Crippen LogP contribution in [0.1, 0.15) is 19.8 Å². The molecule has 0 aliphatic heterocycles. The molecule has 0 radical (unpaired) electrons. The number of para-hydroxylation sites is 1. The topological polar surface area (TPSA) is 92.4 Å². The van der Waals surface area contributed by atoms with Crippen molar-refractivity contribution in [3.05, 3.63) is 24.3 Å². The summed E-state index contributed by atoms with van der Waals surface area (Å²) < 4.78 is 22.7. The molecule has 4 N–H and O–H groups in total. The highest BCUT2D eigenvalue weighted by Crippen LogP contribution is 2.19. The lowest BCUT2D eigenvalue weighted by Gasteiger charge is -2.11. The van der Waals surface area contributed by atoms with Crippen LogP contribution in [-0.2, 0) is 10.0 Å². The third kappa shape index (κ3) is 4.64. The molecule has 6 heteroatoms. The molecule has 0 aliphatic carbocycles. The highest BCUT2D eigenvalue weighted by molar-refractivity contribution is 7.89. The molecule has 1 unspecified atom stereocenters. The minimum Gasteiger partial charge on any atom is -0.396 e. The molecule has 0 fully saturated rings. The highest BCUT2D eigenvalue weighted by Gasteiger charge is 2.12. The van der Waals surface area contributed by atoms with Gasteiger partial charge in [-0.05, 0) is 30.9 Å². The van der Waals surface area contributed by atoms with Gasteiger partial charge in [-0.15, -0.1) is 0 Å². The van der Waals surface area contributed by atoms with Gasteiger partial charge in [0, 0.05) is 13.2 Å². The van der Waals surface area contributed by atoms with Gasteiger partial charge in [-0.3, -0.25) is 0 Å². The predicted octanol–water partition coefficient (Wildman–Crippen LogP) is 1.15. The maximum Gasteiger partial charge on any atom is 0.240 e. The number of rotatable bonds is 7. The number of primary sulfonamides is 1. The number of sulfonamides is 1. The van der Waals surface area contributed by atoms with Gasteiger partial charge in [0.25, 0.3) is 0 Å². The van der Waals surface area contributed by atoms with Crippen molar-refractivity contribution in [2.24, 2.45) is 11.1 Å². The molecule has 1 aromatic carbocycles. The highest BCUT2D eigenvalue weighted by atomic mass is 32.2. The van der Waals surface area contributed by atoms with Crippen molar-refractivity contribution in [2.45, 2.75) is 24.7 Å². The maximum atomic E-state index is 11.3. The third-order valence-electron chi connectivity index (χ3n) is 2.69. The second-order valence-electron chi connectivity index (χ2n) is 4.40. The molecule has 0 saturated heterocycles. The van der Waals surface area contributed by atoms with Gasteiger partial charge >= 0.3 is 0 Å². The molecule has 102 valence electrons. The molecule has 1 atom stereocenters. The lowest BCUT2D eigenvalue weighted by molar-refractivity contribution is 0.229. The Morgan fingerprint density at radius 2 is 2.06 bits per heavy atom. The van der Waals surface area contributed by atoms with Crippen LogP contribution in [0.25, 0.3) is 0 Å². The smallest absolute Gasteiger partial charge is 0.240 e. The first-order chi connectivity index (χ1) is 8.45. The van der Waals surface area contributed by atoms with Crippen LogP contribution in [0.5, 0.6) is 0 Å². The Morgan fingerprint density at radius 1 is 1.39 bits per heavy atom. The summed E-state index contributed by atoms with van der Waals surface area (Å²) in [6.07, 6.45) is 1.75. The number of aliphatic hydroxyl groups excluding tert-OH is 1. The normalized spacial score (nSPS) is 13.3. The molecule has 0 spiro atoms. The zero-order valence-electron chi connectivity index (χ0n) is 10.5. The van der Waals surface area contributed by atoms with E-state index >= 15 is 0 Å². The molecule has 0 heterocycles. The lowest BCUT2D eigenvalue weighted by atomic mass is 10.1. The molecule has 18 heavy (non-hydrogen) atoms. The van der Waals surface area contributed by atoms with Crippen molar-refractivity contribution in [3.8, 4) is 0 Å². The molecular formula is C12H20N2O3S. The average molecular weight is 272 g/mol. The summed E-state index contributed by atoms with van der Waals surface area (Å²) in [6.45, 7) is 2.79. The van der Waals surface area contributed by atoms with Crippen molar-refractivity contribution in [1.82, 2.24) is 0 Å². The van der Waals surface area contributed by atoms with Crippen LogP contribution in [0.15, 0.2) is 29.2 Å². The Bertz CT molecular complexity index is 474. The first-order valence-electron chi connectivity index (χ1n) is 5.91. The third-order valence-corrected chi connectivity index (χ3v) is 3.66. The minimum atomic E-state index is -3.69. The van der Waals surface area contributed by atoms with E-state index in [4.69, 9.17) is 10.2 Å². The molecular weight excluding hydrogens is 252 g/mol. The van der Waals surface area contributed by atoms with E-state index in [0.29, 0.717) is 12.2 Å². The van der Waals surface area contributed by atoms with E-state index in [0.717, 1.165) is 12.8 Å². The summed E-state index contributed by atoms with van der Waals surface area (Å²) in [6, 6.07) is 6.56. The first kappa shape index (κ1) is 14.9. The molecule has 0 bridgehead atoms. The van der Waals surface area contributed by atoms with Crippen molar-refractivity contribution in [1.29, 1.82) is 0 Å². The van der Waals surface area contributed by atoms with Gasteiger partial charge in [-0.1, -0.05) is 19.1 Å². The number of aliphatic hydroxyl groups is 1. The van der Waals surface area contributed by atoms with Gasteiger partial charge in [0.05, 0.1) is 5.69 Å². The summed E-state index contributed by atoms with van der Waals surface area (Å²) in [5.74, 6) is 0.264. The van der Waals surface area contributed by atoms with Gasteiger partial charge < -0.3 is 10.4 Å². The van der Waals surface area contributed by atoms with Gasteiger partial charge in [-0.25, -0.2) is 13.6 Å². The molecule has 0 aliphatic rings. The summed E-state index contributed by atoms with van der Waals surface area (Å²) >= 11 is 0. The van der Waals surface area contributed by atoms with E-state index in [2.05, 4.69) is 5.32 Å². The fourth-order valence-corrected chi connectivity index (χ4v) is 2.34. The largest absolute Gasteiger partial charge is 0.396 e.